The van der Waals surface area contributed by atoms with E-state index in [0.29, 0.717) is 13.1 Å². The van der Waals surface area contributed by atoms with Gasteiger partial charge in [0.1, 0.15) is 0 Å². The number of furan rings is 1. The summed E-state index contributed by atoms with van der Waals surface area (Å²) < 4.78 is 29.3. The Morgan fingerprint density at radius 3 is 2.94 bits per heavy atom. The van der Waals surface area contributed by atoms with Gasteiger partial charge in [-0.3, -0.25) is 4.79 Å². The molecule has 1 aliphatic rings. The molecule has 1 amide bonds. The van der Waals surface area contributed by atoms with Crippen LogP contribution in [0.25, 0.3) is 0 Å². The summed E-state index contributed by atoms with van der Waals surface area (Å²) in [4.78, 5) is 11.8. The van der Waals surface area contributed by atoms with Gasteiger partial charge in [-0.25, -0.2) is 12.7 Å². The normalized spacial score (nSPS) is 21.7. The van der Waals surface area contributed by atoms with Gasteiger partial charge in [-0.2, -0.15) is 0 Å². The Morgan fingerprint density at radius 1 is 1.56 bits per heavy atom. The van der Waals surface area contributed by atoms with E-state index in [1.807, 2.05) is 0 Å². The van der Waals surface area contributed by atoms with Crippen molar-refractivity contribution in [3.8, 4) is 0 Å². The molecule has 0 aliphatic carbocycles. The molecule has 1 aliphatic heterocycles. The maximum absolute atomic E-state index is 11.8. The third kappa shape index (κ3) is 3.11. The zero-order chi connectivity index (χ0) is 13.2. The molecule has 0 aromatic carbocycles. The lowest BCUT2D eigenvalue weighted by Crippen LogP contribution is -2.49. The zero-order valence-electron chi connectivity index (χ0n) is 10.1. The Labute approximate surface area is 106 Å². The van der Waals surface area contributed by atoms with Crippen molar-refractivity contribution in [1.82, 2.24) is 9.62 Å². The van der Waals surface area contributed by atoms with Gasteiger partial charge in [0.15, 0.2) is 5.76 Å². The van der Waals surface area contributed by atoms with Crippen LogP contribution >= 0.6 is 0 Å². The average molecular weight is 272 g/mol. The molecular weight excluding hydrogens is 256 g/mol. The maximum atomic E-state index is 11.8. The van der Waals surface area contributed by atoms with Crippen LogP contribution in [0.15, 0.2) is 22.8 Å². The molecule has 1 fully saturated rings. The van der Waals surface area contributed by atoms with Crippen molar-refractivity contribution in [2.45, 2.75) is 18.9 Å². The van der Waals surface area contributed by atoms with Crippen molar-refractivity contribution >= 4 is 15.9 Å². The first-order chi connectivity index (χ1) is 8.47. The van der Waals surface area contributed by atoms with Crippen LogP contribution < -0.4 is 5.32 Å². The van der Waals surface area contributed by atoms with Crippen molar-refractivity contribution in [1.29, 1.82) is 0 Å². The summed E-state index contributed by atoms with van der Waals surface area (Å²) in [6.45, 7) is 0.844. The van der Waals surface area contributed by atoms with E-state index < -0.39 is 10.0 Å². The number of hydrogen-bond donors (Lipinski definition) is 1. The van der Waals surface area contributed by atoms with Crippen LogP contribution in [0.3, 0.4) is 0 Å². The fraction of sp³-hybridized carbons (Fsp3) is 0.545. The van der Waals surface area contributed by atoms with Crippen LogP contribution in [-0.2, 0) is 10.0 Å². The molecule has 7 heteroatoms. The van der Waals surface area contributed by atoms with Crippen molar-refractivity contribution in [2.75, 3.05) is 19.3 Å². The van der Waals surface area contributed by atoms with Crippen molar-refractivity contribution in [2.24, 2.45) is 0 Å². The second-order valence-electron chi connectivity index (χ2n) is 4.41. The third-order valence-corrected chi connectivity index (χ3v) is 4.20. The predicted octanol–water partition coefficient (Wildman–Crippen LogP) is 0.433. The van der Waals surface area contributed by atoms with Gasteiger partial charge in [-0.15, -0.1) is 0 Å². The van der Waals surface area contributed by atoms with Gasteiger partial charge in [-0.1, -0.05) is 0 Å². The first-order valence-corrected chi connectivity index (χ1v) is 7.61. The lowest BCUT2D eigenvalue weighted by atomic mass is 10.1. The maximum Gasteiger partial charge on any atom is 0.287 e. The van der Waals surface area contributed by atoms with Gasteiger partial charge >= 0.3 is 0 Å². The number of nitrogens with one attached hydrogen (secondary N) is 1. The monoisotopic (exact) mass is 272 g/mol. The Hall–Kier alpha value is -1.34. The summed E-state index contributed by atoms with van der Waals surface area (Å²) in [6.07, 6.45) is 4.14. The molecule has 0 radical (unpaired) electrons. The highest BCUT2D eigenvalue weighted by atomic mass is 32.2. The molecule has 1 aromatic heterocycles. The summed E-state index contributed by atoms with van der Waals surface area (Å²) in [5.41, 5.74) is 0. The molecule has 100 valence electrons. The smallest absolute Gasteiger partial charge is 0.287 e. The zero-order valence-corrected chi connectivity index (χ0v) is 10.9. The third-order valence-electron chi connectivity index (χ3n) is 2.93. The van der Waals surface area contributed by atoms with E-state index in [2.05, 4.69) is 5.32 Å². The van der Waals surface area contributed by atoms with Crippen molar-refractivity contribution < 1.29 is 17.6 Å². The van der Waals surface area contributed by atoms with E-state index in [4.69, 9.17) is 4.42 Å². The highest BCUT2D eigenvalue weighted by Gasteiger charge is 2.27. The first-order valence-electron chi connectivity index (χ1n) is 5.76. The molecule has 0 saturated carbocycles. The van der Waals surface area contributed by atoms with Gasteiger partial charge < -0.3 is 9.73 Å². The predicted molar refractivity (Wildman–Crippen MR) is 65.6 cm³/mol. The molecule has 1 saturated heterocycles. The summed E-state index contributed by atoms with van der Waals surface area (Å²) in [7, 11) is -3.19. The van der Waals surface area contributed by atoms with Crippen LogP contribution in [0.2, 0.25) is 0 Å². The van der Waals surface area contributed by atoms with E-state index in [-0.39, 0.29) is 17.7 Å². The van der Waals surface area contributed by atoms with Gasteiger partial charge in [0.05, 0.1) is 12.5 Å². The largest absolute Gasteiger partial charge is 0.459 e. The number of nitrogens with zero attached hydrogens (tertiary/aromatic N) is 1. The quantitative estimate of drug-likeness (QED) is 0.865. The summed E-state index contributed by atoms with van der Waals surface area (Å²) >= 11 is 0. The Kier molecular flexibility index (Phi) is 3.72. The summed E-state index contributed by atoms with van der Waals surface area (Å²) in [6, 6.07) is 3.05. The number of carbonyl (C=O) groups is 1. The molecule has 2 heterocycles. The first kappa shape index (κ1) is 13.1. The number of amides is 1. The molecule has 1 unspecified atom stereocenters. The molecule has 0 bridgehead atoms. The molecule has 1 aromatic rings. The van der Waals surface area contributed by atoms with Gasteiger partial charge in [0, 0.05) is 19.1 Å². The number of carbonyl (C=O) groups excluding carboxylic acids is 1. The molecule has 1 atom stereocenters. The minimum atomic E-state index is -3.19. The highest BCUT2D eigenvalue weighted by Crippen LogP contribution is 2.13. The average Bonchev–Trinajstić information content (AvgIpc) is 2.81. The van der Waals surface area contributed by atoms with Gasteiger partial charge in [-0.05, 0) is 25.0 Å². The van der Waals surface area contributed by atoms with E-state index in [1.54, 1.807) is 12.1 Å². The van der Waals surface area contributed by atoms with E-state index in [1.165, 1.54) is 16.8 Å². The fourth-order valence-electron chi connectivity index (χ4n) is 2.03. The second kappa shape index (κ2) is 5.11. The van der Waals surface area contributed by atoms with Gasteiger partial charge in [0.25, 0.3) is 5.91 Å². The number of hydrogen-bond acceptors (Lipinski definition) is 4. The van der Waals surface area contributed by atoms with Crippen LogP contribution in [0, 0.1) is 0 Å². The van der Waals surface area contributed by atoms with Crippen molar-refractivity contribution in [3.63, 3.8) is 0 Å². The topological polar surface area (TPSA) is 79.6 Å². The Balaban J connectivity index is 1.96. The lowest BCUT2D eigenvalue weighted by Gasteiger charge is -2.31. The minimum absolute atomic E-state index is 0.161. The van der Waals surface area contributed by atoms with Crippen molar-refractivity contribution in [3.05, 3.63) is 24.2 Å². The highest BCUT2D eigenvalue weighted by molar-refractivity contribution is 7.88. The summed E-state index contributed by atoms with van der Waals surface area (Å²) in [5.74, 6) is -0.0631. The number of piperidine rings is 1. The summed E-state index contributed by atoms with van der Waals surface area (Å²) in [5, 5.41) is 2.78. The molecule has 1 N–H and O–H groups in total. The SMILES string of the molecule is CS(=O)(=O)N1CCCC(NC(=O)c2ccco2)C1. The van der Waals surface area contributed by atoms with Crippen LogP contribution in [-0.4, -0.2) is 44.0 Å². The Morgan fingerprint density at radius 2 is 2.33 bits per heavy atom. The number of rotatable bonds is 3. The van der Waals surface area contributed by atoms with E-state index in [9.17, 15) is 13.2 Å². The molecule has 18 heavy (non-hydrogen) atoms. The van der Waals surface area contributed by atoms with E-state index in [0.717, 1.165) is 12.8 Å². The molecule has 6 nitrogen and oxygen atoms in total. The number of sulfonamides is 1. The van der Waals surface area contributed by atoms with Crippen LogP contribution in [0.5, 0.6) is 0 Å². The van der Waals surface area contributed by atoms with Crippen LogP contribution in [0.1, 0.15) is 23.4 Å². The van der Waals surface area contributed by atoms with E-state index >= 15 is 0 Å². The standard InChI is InChI=1S/C11H16N2O4S/c1-18(15,16)13-6-2-4-9(8-13)12-11(14)10-5-3-7-17-10/h3,5,7,9H,2,4,6,8H2,1H3,(H,12,14). The Bertz CT molecular complexity index is 509. The van der Waals surface area contributed by atoms with Crippen LogP contribution in [0.4, 0.5) is 0 Å². The lowest BCUT2D eigenvalue weighted by molar-refractivity contribution is 0.0893. The second-order valence-corrected chi connectivity index (χ2v) is 6.39. The molecular formula is C11H16N2O4S. The van der Waals surface area contributed by atoms with Gasteiger partial charge in [0.2, 0.25) is 10.0 Å². The molecule has 2 rings (SSSR count). The fourth-order valence-corrected chi connectivity index (χ4v) is 2.94. The molecule has 0 spiro atoms. The minimum Gasteiger partial charge on any atom is -0.459 e.